The highest BCUT2D eigenvalue weighted by Gasteiger charge is 2.30. The molecule has 1 nitrogen and oxygen atoms in total. The average molecular weight is 280 g/mol. The quantitative estimate of drug-likeness (QED) is 0.729. The molecule has 2 saturated carbocycles. The first kappa shape index (κ1) is 16.3. The molecule has 0 saturated heterocycles. The van der Waals surface area contributed by atoms with E-state index in [2.05, 4.69) is 39.9 Å². The Bertz CT molecular complexity index is 281. The minimum absolute atomic E-state index is 0.521. The molecule has 0 aromatic heterocycles. The van der Waals surface area contributed by atoms with Gasteiger partial charge in [-0.05, 0) is 80.6 Å². The van der Waals surface area contributed by atoms with E-state index in [1.165, 1.54) is 57.9 Å². The lowest BCUT2D eigenvalue weighted by molar-refractivity contribution is 0.143. The van der Waals surface area contributed by atoms with E-state index in [1.54, 1.807) is 0 Å². The number of hydrogen-bond donors (Lipinski definition) is 1. The van der Waals surface area contributed by atoms with E-state index >= 15 is 0 Å². The van der Waals surface area contributed by atoms with Crippen LogP contribution in [0.2, 0.25) is 0 Å². The van der Waals surface area contributed by atoms with Crippen LogP contribution >= 0.6 is 0 Å². The van der Waals surface area contributed by atoms with Gasteiger partial charge in [0.1, 0.15) is 0 Å². The number of rotatable bonds is 3. The molecule has 118 valence electrons. The second kappa shape index (κ2) is 6.38. The summed E-state index contributed by atoms with van der Waals surface area (Å²) in [6, 6.07) is 0.809. The maximum absolute atomic E-state index is 3.88. The Morgan fingerprint density at radius 1 is 0.900 bits per heavy atom. The van der Waals surface area contributed by atoms with E-state index in [1.807, 2.05) is 0 Å². The normalized spacial score (nSPS) is 32.2. The summed E-state index contributed by atoms with van der Waals surface area (Å²) < 4.78 is 0. The van der Waals surface area contributed by atoms with Crippen LogP contribution in [0.25, 0.3) is 0 Å². The van der Waals surface area contributed by atoms with Gasteiger partial charge in [-0.25, -0.2) is 0 Å². The Hall–Kier alpha value is -0.0400. The van der Waals surface area contributed by atoms with Gasteiger partial charge in [-0.2, -0.15) is 0 Å². The first-order chi connectivity index (χ1) is 9.26. The lowest BCUT2D eigenvalue weighted by Crippen LogP contribution is -2.39. The van der Waals surface area contributed by atoms with Crippen molar-refractivity contribution in [3.63, 3.8) is 0 Å². The van der Waals surface area contributed by atoms with E-state index in [0.717, 1.165) is 17.9 Å². The van der Waals surface area contributed by atoms with Gasteiger partial charge in [0.05, 0.1) is 0 Å². The predicted molar refractivity (Wildman–Crippen MR) is 88.9 cm³/mol. The van der Waals surface area contributed by atoms with Crippen molar-refractivity contribution >= 4 is 0 Å². The average Bonchev–Trinajstić information content (AvgIpc) is 2.37. The Balaban J connectivity index is 1.64. The zero-order chi connectivity index (χ0) is 14.8. The SMILES string of the molecule is CC1(C)CCC(NCC2CCC(C(C)(C)C)CC2)CC1. The molecule has 0 bridgehead atoms. The maximum Gasteiger partial charge on any atom is 0.00675 e. The molecule has 2 aliphatic carbocycles. The van der Waals surface area contributed by atoms with Gasteiger partial charge < -0.3 is 5.32 Å². The Kier molecular flexibility index (Phi) is 5.21. The van der Waals surface area contributed by atoms with Crippen molar-refractivity contribution in [3.05, 3.63) is 0 Å². The van der Waals surface area contributed by atoms with Crippen molar-refractivity contribution in [2.24, 2.45) is 22.7 Å². The van der Waals surface area contributed by atoms with Crippen molar-refractivity contribution in [3.8, 4) is 0 Å². The summed E-state index contributed by atoms with van der Waals surface area (Å²) >= 11 is 0. The molecule has 0 aromatic carbocycles. The van der Waals surface area contributed by atoms with Crippen LogP contribution in [0.5, 0.6) is 0 Å². The van der Waals surface area contributed by atoms with Crippen LogP contribution in [0.3, 0.4) is 0 Å². The molecular weight excluding hydrogens is 242 g/mol. The van der Waals surface area contributed by atoms with Crippen molar-refractivity contribution in [2.45, 2.75) is 92.0 Å². The zero-order valence-electron chi connectivity index (χ0n) is 14.6. The third-order valence-electron chi connectivity index (χ3n) is 6.11. The molecule has 2 fully saturated rings. The molecule has 0 aromatic rings. The first-order valence-corrected chi connectivity index (χ1v) is 9.00. The maximum atomic E-state index is 3.88. The molecule has 2 rings (SSSR count). The molecule has 0 atom stereocenters. The lowest BCUT2D eigenvalue weighted by Gasteiger charge is -2.38. The molecule has 0 amide bonds. The van der Waals surface area contributed by atoms with E-state index in [-0.39, 0.29) is 0 Å². The highest BCUT2D eigenvalue weighted by Crippen LogP contribution is 2.40. The van der Waals surface area contributed by atoms with Crippen LogP contribution in [0.1, 0.15) is 86.0 Å². The summed E-state index contributed by atoms with van der Waals surface area (Å²) in [4.78, 5) is 0. The first-order valence-electron chi connectivity index (χ1n) is 9.00. The number of nitrogens with one attached hydrogen (secondary N) is 1. The van der Waals surface area contributed by atoms with Crippen LogP contribution in [-0.2, 0) is 0 Å². The topological polar surface area (TPSA) is 12.0 Å². The highest BCUT2D eigenvalue weighted by molar-refractivity contribution is 4.85. The van der Waals surface area contributed by atoms with Gasteiger partial charge in [-0.3, -0.25) is 0 Å². The second-order valence-corrected chi connectivity index (χ2v) is 9.43. The van der Waals surface area contributed by atoms with Crippen molar-refractivity contribution in [2.75, 3.05) is 6.54 Å². The lowest BCUT2D eigenvalue weighted by atomic mass is 9.70. The summed E-state index contributed by atoms with van der Waals surface area (Å²) in [5.74, 6) is 1.90. The standard InChI is InChI=1S/C19H37N/c1-18(2,3)16-8-6-15(7-9-16)14-20-17-10-12-19(4,5)13-11-17/h15-17,20H,6-14H2,1-5H3. The molecule has 0 unspecified atom stereocenters. The zero-order valence-corrected chi connectivity index (χ0v) is 14.6. The van der Waals surface area contributed by atoms with Gasteiger partial charge in [0.25, 0.3) is 0 Å². The van der Waals surface area contributed by atoms with Crippen LogP contribution < -0.4 is 5.32 Å². The molecule has 0 radical (unpaired) electrons. The highest BCUT2D eigenvalue weighted by atomic mass is 14.9. The molecular formula is C19H37N. The molecule has 0 aliphatic heterocycles. The van der Waals surface area contributed by atoms with Gasteiger partial charge in [-0.15, -0.1) is 0 Å². The summed E-state index contributed by atoms with van der Waals surface area (Å²) in [7, 11) is 0. The third kappa shape index (κ3) is 4.76. The summed E-state index contributed by atoms with van der Waals surface area (Å²) in [6.45, 7) is 13.4. The van der Waals surface area contributed by atoms with Gasteiger partial charge in [0.15, 0.2) is 0 Å². The fraction of sp³-hybridized carbons (Fsp3) is 1.00. The molecule has 0 spiro atoms. The van der Waals surface area contributed by atoms with Crippen LogP contribution in [0.15, 0.2) is 0 Å². The third-order valence-corrected chi connectivity index (χ3v) is 6.11. The van der Waals surface area contributed by atoms with Gasteiger partial charge in [-0.1, -0.05) is 34.6 Å². The van der Waals surface area contributed by atoms with Crippen LogP contribution in [0, 0.1) is 22.7 Å². The fourth-order valence-electron chi connectivity index (χ4n) is 4.17. The predicted octanol–water partition coefficient (Wildman–Crippen LogP) is 5.40. The van der Waals surface area contributed by atoms with Crippen LogP contribution in [0.4, 0.5) is 0 Å². The van der Waals surface area contributed by atoms with Crippen molar-refractivity contribution < 1.29 is 0 Å². The van der Waals surface area contributed by atoms with E-state index < -0.39 is 0 Å². The fourth-order valence-corrected chi connectivity index (χ4v) is 4.17. The van der Waals surface area contributed by atoms with Gasteiger partial charge in [0, 0.05) is 6.04 Å². The molecule has 2 aliphatic rings. The Labute approximate surface area is 127 Å². The van der Waals surface area contributed by atoms with E-state index in [4.69, 9.17) is 0 Å². The summed E-state index contributed by atoms with van der Waals surface area (Å²) in [6.07, 6.45) is 11.4. The molecule has 0 heterocycles. The minimum atomic E-state index is 0.521. The van der Waals surface area contributed by atoms with Crippen molar-refractivity contribution in [1.82, 2.24) is 5.32 Å². The summed E-state index contributed by atoms with van der Waals surface area (Å²) in [5, 5.41) is 3.88. The second-order valence-electron chi connectivity index (χ2n) is 9.43. The van der Waals surface area contributed by atoms with Crippen LogP contribution in [-0.4, -0.2) is 12.6 Å². The molecule has 20 heavy (non-hydrogen) atoms. The summed E-state index contributed by atoms with van der Waals surface area (Å²) in [5.41, 5.74) is 1.12. The van der Waals surface area contributed by atoms with Gasteiger partial charge in [0.2, 0.25) is 0 Å². The molecule has 1 N–H and O–H groups in total. The Morgan fingerprint density at radius 2 is 1.45 bits per heavy atom. The van der Waals surface area contributed by atoms with Crippen molar-refractivity contribution in [1.29, 1.82) is 0 Å². The minimum Gasteiger partial charge on any atom is -0.314 e. The Morgan fingerprint density at radius 3 is 1.95 bits per heavy atom. The largest absolute Gasteiger partial charge is 0.314 e. The smallest absolute Gasteiger partial charge is 0.00675 e. The van der Waals surface area contributed by atoms with Gasteiger partial charge >= 0.3 is 0 Å². The monoisotopic (exact) mass is 279 g/mol. The molecule has 1 heteroatoms. The van der Waals surface area contributed by atoms with E-state index in [9.17, 15) is 0 Å². The number of hydrogen-bond acceptors (Lipinski definition) is 1. The van der Waals surface area contributed by atoms with E-state index in [0.29, 0.717) is 10.8 Å².